The van der Waals surface area contributed by atoms with E-state index in [0.29, 0.717) is 26.5 Å². The molecule has 0 unspecified atom stereocenters. The van der Waals surface area contributed by atoms with Gasteiger partial charge in [-0.3, -0.25) is 14.9 Å². The van der Waals surface area contributed by atoms with E-state index in [1.165, 1.54) is 23.1 Å². The highest BCUT2D eigenvalue weighted by Crippen LogP contribution is 2.26. The van der Waals surface area contributed by atoms with Crippen LogP contribution in [0.3, 0.4) is 0 Å². The molecule has 1 heterocycles. The van der Waals surface area contributed by atoms with Crippen LogP contribution in [0, 0.1) is 6.92 Å². The predicted molar refractivity (Wildman–Crippen MR) is 111 cm³/mol. The van der Waals surface area contributed by atoms with E-state index in [1.54, 1.807) is 43.5 Å². The molecule has 0 fully saturated rings. The zero-order valence-electron chi connectivity index (χ0n) is 15.3. The summed E-state index contributed by atoms with van der Waals surface area (Å²) in [6, 6.07) is 14.4. The predicted octanol–water partition coefficient (Wildman–Crippen LogP) is 3.84. The minimum absolute atomic E-state index is 0.168. The molecule has 2 amide bonds. The Hall–Kier alpha value is -2.91. The van der Waals surface area contributed by atoms with E-state index in [2.05, 4.69) is 20.8 Å². The first kappa shape index (κ1) is 19.8. The van der Waals surface area contributed by atoms with Crippen molar-refractivity contribution < 1.29 is 14.3 Å². The molecule has 0 aliphatic heterocycles. The van der Waals surface area contributed by atoms with Crippen molar-refractivity contribution in [3.05, 3.63) is 59.7 Å². The van der Waals surface area contributed by atoms with Gasteiger partial charge in [0.15, 0.2) is 4.34 Å². The average Bonchev–Trinajstić information content (AvgIpc) is 3.14. The van der Waals surface area contributed by atoms with Crippen LogP contribution < -0.4 is 15.4 Å². The molecule has 2 aromatic carbocycles. The Balaban J connectivity index is 1.50. The Morgan fingerprint density at radius 1 is 1.11 bits per heavy atom. The minimum Gasteiger partial charge on any atom is -0.497 e. The molecule has 0 atom stereocenters. The number of aromatic nitrogens is 2. The maximum absolute atomic E-state index is 12.2. The molecule has 2 N–H and O–H groups in total. The second-order valence-corrected chi connectivity index (χ2v) is 7.96. The van der Waals surface area contributed by atoms with Crippen LogP contribution >= 0.6 is 23.1 Å². The number of carbonyl (C=O) groups is 2. The largest absolute Gasteiger partial charge is 0.497 e. The highest BCUT2D eigenvalue weighted by Gasteiger charge is 2.12. The Bertz CT molecular complexity index is 973. The molecule has 0 saturated heterocycles. The van der Waals surface area contributed by atoms with E-state index >= 15 is 0 Å². The third-order valence-electron chi connectivity index (χ3n) is 3.62. The number of aryl methyl sites for hydroxylation is 1. The monoisotopic (exact) mass is 414 g/mol. The number of thioether (sulfide) groups is 1. The fourth-order valence-electron chi connectivity index (χ4n) is 2.22. The van der Waals surface area contributed by atoms with Crippen molar-refractivity contribution in [1.82, 2.24) is 10.2 Å². The molecule has 7 nitrogen and oxygen atoms in total. The van der Waals surface area contributed by atoms with Crippen molar-refractivity contribution in [1.29, 1.82) is 0 Å². The first-order valence-electron chi connectivity index (χ1n) is 8.32. The van der Waals surface area contributed by atoms with Gasteiger partial charge in [-0.1, -0.05) is 46.9 Å². The fourth-order valence-corrected chi connectivity index (χ4v) is 3.77. The van der Waals surface area contributed by atoms with Crippen LogP contribution in [-0.4, -0.2) is 34.9 Å². The molecular weight excluding hydrogens is 396 g/mol. The summed E-state index contributed by atoms with van der Waals surface area (Å²) in [6.45, 7) is 1.96. The van der Waals surface area contributed by atoms with Crippen LogP contribution in [0.25, 0.3) is 0 Å². The zero-order valence-corrected chi connectivity index (χ0v) is 16.9. The van der Waals surface area contributed by atoms with Gasteiger partial charge in [-0.15, -0.1) is 10.2 Å². The third kappa shape index (κ3) is 5.54. The molecule has 3 aromatic rings. The molecule has 9 heteroatoms. The van der Waals surface area contributed by atoms with Gasteiger partial charge in [-0.25, -0.2) is 0 Å². The Labute approximate surface area is 170 Å². The Morgan fingerprint density at radius 2 is 1.89 bits per heavy atom. The number of anilines is 2. The van der Waals surface area contributed by atoms with Crippen molar-refractivity contribution in [2.45, 2.75) is 11.3 Å². The first-order chi connectivity index (χ1) is 13.5. The van der Waals surface area contributed by atoms with Gasteiger partial charge in [-0.2, -0.15) is 0 Å². The van der Waals surface area contributed by atoms with E-state index in [0.717, 1.165) is 5.56 Å². The van der Waals surface area contributed by atoms with E-state index in [4.69, 9.17) is 4.74 Å². The van der Waals surface area contributed by atoms with E-state index in [1.807, 2.05) is 19.1 Å². The van der Waals surface area contributed by atoms with Crippen LogP contribution in [0.15, 0.2) is 52.9 Å². The number of amides is 2. The summed E-state index contributed by atoms with van der Waals surface area (Å²) in [5, 5.41) is 13.9. The number of carbonyl (C=O) groups excluding carboxylic acids is 2. The lowest BCUT2D eigenvalue weighted by atomic mass is 10.1. The van der Waals surface area contributed by atoms with E-state index < -0.39 is 0 Å². The van der Waals surface area contributed by atoms with Gasteiger partial charge in [0.05, 0.1) is 12.9 Å². The van der Waals surface area contributed by atoms with Crippen molar-refractivity contribution >= 4 is 45.7 Å². The maximum atomic E-state index is 12.2. The summed E-state index contributed by atoms with van der Waals surface area (Å²) in [5.74, 6) is 0.434. The molecule has 1 aromatic heterocycles. The molecule has 0 radical (unpaired) electrons. The number of ether oxygens (including phenoxy) is 1. The highest BCUT2D eigenvalue weighted by atomic mass is 32.2. The van der Waals surface area contributed by atoms with Gasteiger partial charge in [0, 0.05) is 17.3 Å². The zero-order chi connectivity index (χ0) is 19.9. The number of nitrogens with one attached hydrogen (secondary N) is 2. The summed E-state index contributed by atoms with van der Waals surface area (Å²) >= 11 is 2.48. The SMILES string of the molecule is COc1cccc(NC(=O)CSc2nnc(NC(=O)c3ccc(C)cc3)s2)c1. The summed E-state index contributed by atoms with van der Waals surface area (Å²) in [7, 11) is 1.57. The molecule has 28 heavy (non-hydrogen) atoms. The second kappa shape index (κ2) is 9.34. The van der Waals surface area contributed by atoms with Gasteiger partial charge in [-0.05, 0) is 31.2 Å². The van der Waals surface area contributed by atoms with Crippen molar-refractivity contribution in [3.8, 4) is 5.75 Å². The summed E-state index contributed by atoms with van der Waals surface area (Å²) in [5.41, 5.74) is 2.29. The summed E-state index contributed by atoms with van der Waals surface area (Å²) in [4.78, 5) is 24.3. The fraction of sp³-hybridized carbons (Fsp3) is 0.158. The normalized spacial score (nSPS) is 10.4. The van der Waals surface area contributed by atoms with Crippen LogP contribution in [0.2, 0.25) is 0 Å². The van der Waals surface area contributed by atoms with Gasteiger partial charge in [0.25, 0.3) is 5.91 Å². The number of benzene rings is 2. The highest BCUT2D eigenvalue weighted by molar-refractivity contribution is 8.01. The van der Waals surface area contributed by atoms with Crippen molar-refractivity contribution in [2.24, 2.45) is 0 Å². The molecule has 144 valence electrons. The van der Waals surface area contributed by atoms with Gasteiger partial charge in [0.1, 0.15) is 5.75 Å². The lowest BCUT2D eigenvalue weighted by Gasteiger charge is -2.06. The lowest BCUT2D eigenvalue weighted by molar-refractivity contribution is -0.113. The number of nitrogens with zero attached hydrogens (tertiary/aromatic N) is 2. The van der Waals surface area contributed by atoms with Gasteiger partial charge in [0.2, 0.25) is 11.0 Å². The van der Waals surface area contributed by atoms with Gasteiger partial charge < -0.3 is 10.1 Å². The van der Waals surface area contributed by atoms with Crippen LogP contribution in [0.5, 0.6) is 5.75 Å². The van der Waals surface area contributed by atoms with Gasteiger partial charge >= 0.3 is 0 Å². The van der Waals surface area contributed by atoms with Crippen LogP contribution in [0.4, 0.5) is 10.8 Å². The number of hydrogen-bond acceptors (Lipinski definition) is 7. The Morgan fingerprint density at radius 3 is 2.64 bits per heavy atom. The third-order valence-corrected chi connectivity index (χ3v) is 5.59. The molecule has 0 spiro atoms. The molecule has 0 aliphatic carbocycles. The van der Waals surface area contributed by atoms with E-state index in [9.17, 15) is 9.59 Å². The average molecular weight is 415 g/mol. The molecule has 0 aliphatic rings. The smallest absolute Gasteiger partial charge is 0.257 e. The second-order valence-electron chi connectivity index (χ2n) is 5.76. The summed E-state index contributed by atoms with van der Waals surface area (Å²) in [6.07, 6.45) is 0. The number of hydrogen-bond donors (Lipinski definition) is 2. The topological polar surface area (TPSA) is 93.2 Å². The Kier molecular flexibility index (Phi) is 6.62. The molecule has 0 saturated carbocycles. The standard InChI is InChI=1S/C19H18N4O3S2/c1-12-6-8-13(9-7-12)17(25)21-18-22-23-19(28-18)27-11-16(24)20-14-4-3-5-15(10-14)26-2/h3-10H,11H2,1-2H3,(H,20,24)(H,21,22,25). The van der Waals surface area contributed by atoms with Crippen LogP contribution in [0.1, 0.15) is 15.9 Å². The summed E-state index contributed by atoms with van der Waals surface area (Å²) < 4.78 is 5.73. The molecule has 3 rings (SSSR count). The van der Waals surface area contributed by atoms with Crippen molar-refractivity contribution in [3.63, 3.8) is 0 Å². The van der Waals surface area contributed by atoms with Crippen LogP contribution in [-0.2, 0) is 4.79 Å². The van der Waals surface area contributed by atoms with E-state index in [-0.39, 0.29) is 17.6 Å². The first-order valence-corrected chi connectivity index (χ1v) is 10.1. The molecule has 0 bridgehead atoms. The lowest BCUT2D eigenvalue weighted by Crippen LogP contribution is -2.13. The molecular formula is C19H18N4O3S2. The minimum atomic E-state index is -0.247. The van der Waals surface area contributed by atoms with Crippen molar-refractivity contribution in [2.75, 3.05) is 23.5 Å². The maximum Gasteiger partial charge on any atom is 0.257 e. The number of methoxy groups -OCH3 is 1. The number of rotatable bonds is 7. The quantitative estimate of drug-likeness (QED) is 0.451.